The maximum Gasteiger partial charge on any atom is 0.174 e. The Balaban J connectivity index is 4.08. The zero-order chi connectivity index (χ0) is 12.2. The van der Waals surface area contributed by atoms with Crippen molar-refractivity contribution in [3.63, 3.8) is 0 Å². The molecule has 0 aromatic heterocycles. The summed E-state index contributed by atoms with van der Waals surface area (Å²) in [6, 6.07) is 0.108. The van der Waals surface area contributed by atoms with Crippen LogP contribution in [0.5, 0.6) is 0 Å². The van der Waals surface area contributed by atoms with E-state index in [1.807, 2.05) is 13.8 Å². The molecule has 0 fully saturated rings. The van der Waals surface area contributed by atoms with Crippen molar-refractivity contribution in [1.29, 1.82) is 0 Å². The fraction of sp³-hybridized carbons (Fsp3) is 1.00. The van der Waals surface area contributed by atoms with E-state index in [4.69, 9.17) is 14.2 Å². The maximum atomic E-state index is 5.56. The second kappa shape index (κ2) is 11.3. The van der Waals surface area contributed by atoms with Gasteiger partial charge < -0.3 is 19.5 Å². The highest BCUT2D eigenvalue weighted by molar-refractivity contribution is 4.70. The number of hydrogen-bond acceptors (Lipinski definition) is 4. The first-order chi connectivity index (χ1) is 7.79. The molecule has 0 aliphatic carbocycles. The molecule has 0 aromatic carbocycles. The van der Waals surface area contributed by atoms with E-state index >= 15 is 0 Å². The predicted octanol–water partition coefficient (Wildman–Crippen LogP) is 1.79. The molecule has 0 saturated heterocycles. The van der Waals surface area contributed by atoms with Gasteiger partial charge in [-0.25, -0.2) is 0 Å². The Bertz CT molecular complexity index is 138. The highest BCUT2D eigenvalue weighted by atomic mass is 16.7. The van der Waals surface area contributed by atoms with Crippen LogP contribution in [0.25, 0.3) is 0 Å². The van der Waals surface area contributed by atoms with E-state index in [-0.39, 0.29) is 12.3 Å². The third-order valence-electron chi connectivity index (χ3n) is 2.10. The summed E-state index contributed by atoms with van der Waals surface area (Å²) in [5, 5.41) is 3.34. The molecule has 1 unspecified atom stereocenters. The van der Waals surface area contributed by atoms with Crippen LogP contribution < -0.4 is 5.32 Å². The van der Waals surface area contributed by atoms with E-state index in [2.05, 4.69) is 19.2 Å². The van der Waals surface area contributed by atoms with E-state index in [9.17, 15) is 0 Å². The molecule has 1 atom stereocenters. The van der Waals surface area contributed by atoms with Gasteiger partial charge in [0.1, 0.15) is 0 Å². The van der Waals surface area contributed by atoms with Crippen molar-refractivity contribution in [2.24, 2.45) is 0 Å². The van der Waals surface area contributed by atoms with Crippen LogP contribution in [-0.2, 0) is 14.2 Å². The van der Waals surface area contributed by atoms with Crippen molar-refractivity contribution >= 4 is 0 Å². The minimum absolute atomic E-state index is 0.108. The number of likely N-dealkylation sites (N-methyl/N-ethyl adjacent to an activating group) is 1. The van der Waals surface area contributed by atoms with Gasteiger partial charge >= 0.3 is 0 Å². The van der Waals surface area contributed by atoms with Gasteiger partial charge in [-0.3, -0.25) is 0 Å². The molecule has 0 heterocycles. The molecule has 0 aliphatic heterocycles. The van der Waals surface area contributed by atoms with Crippen molar-refractivity contribution in [2.75, 3.05) is 33.0 Å². The molecular formula is C12H27NO3. The summed E-state index contributed by atoms with van der Waals surface area (Å²) in [5.74, 6) is 0. The molecule has 1 N–H and O–H groups in total. The van der Waals surface area contributed by atoms with Gasteiger partial charge in [0, 0.05) is 19.8 Å². The molecule has 0 bridgehead atoms. The van der Waals surface area contributed by atoms with Gasteiger partial charge in [0.25, 0.3) is 0 Å². The lowest BCUT2D eigenvalue weighted by atomic mass is 10.3. The highest BCUT2D eigenvalue weighted by Crippen LogP contribution is 2.03. The van der Waals surface area contributed by atoms with Gasteiger partial charge in [-0.05, 0) is 26.8 Å². The molecule has 0 saturated carbocycles. The smallest absolute Gasteiger partial charge is 0.174 e. The topological polar surface area (TPSA) is 39.7 Å². The maximum absolute atomic E-state index is 5.56. The van der Waals surface area contributed by atoms with E-state index in [0.29, 0.717) is 19.8 Å². The second-order valence-electron chi connectivity index (χ2n) is 3.52. The Morgan fingerprint density at radius 2 is 1.62 bits per heavy atom. The van der Waals surface area contributed by atoms with Crippen molar-refractivity contribution in [3.05, 3.63) is 0 Å². The molecule has 0 aromatic rings. The molecule has 98 valence electrons. The van der Waals surface area contributed by atoms with Gasteiger partial charge in [0.2, 0.25) is 0 Å². The van der Waals surface area contributed by atoms with Crippen LogP contribution in [0.3, 0.4) is 0 Å². The summed E-state index contributed by atoms with van der Waals surface area (Å²) in [6.45, 7) is 11.7. The summed E-state index contributed by atoms with van der Waals surface area (Å²) in [4.78, 5) is 0. The standard InChI is InChI=1S/C12H27NO3/c1-5-9-14-10-11(13-6-2)12(15-7-3)16-8-4/h11-13H,5-10H2,1-4H3. The van der Waals surface area contributed by atoms with Crippen molar-refractivity contribution in [2.45, 2.75) is 46.4 Å². The molecule has 0 aliphatic rings. The van der Waals surface area contributed by atoms with Gasteiger partial charge in [0.15, 0.2) is 6.29 Å². The summed E-state index contributed by atoms with van der Waals surface area (Å²) in [6.07, 6.45) is 0.819. The predicted molar refractivity (Wildman–Crippen MR) is 65.6 cm³/mol. The first kappa shape index (κ1) is 15.8. The van der Waals surface area contributed by atoms with Crippen LogP contribution in [0.1, 0.15) is 34.1 Å². The highest BCUT2D eigenvalue weighted by Gasteiger charge is 2.21. The van der Waals surface area contributed by atoms with Gasteiger partial charge in [-0.2, -0.15) is 0 Å². The number of hydrogen-bond donors (Lipinski definition) is 1. The fourth-order valence-electron chi connectivity index (χ4n) is 1.46. The minimum atomic E-state index is -0.216. The monoisotopic (exact) mass is 233 g/mol. The molecule has 0 amide bonds. The van der Waals surface area contributed by atoms with Crippen molar-refractivity contribution < 1.29 is 14.2 Å². The molecule has 4 heteroatoms. The van der Waals surface area contributed by atoms with E-state index < -0.39 is 0 Å². The Labute approximate surface area is 99.6 Å². The van der Waals surface area contributed by atoms with Crippen LogP contribution >= 0.6 is 0 Å². The lowest BCUT2D eigenvalue weighted by Crippen LogP contribution is -2.46. The SMILES string of the molecule is CCCOCC(NCC)C(OCC)OCC. The molecule has 0 rings (SSSR count). The average molecular weight is 233 g/mol. The lowest BCUT2D eigenvalue weighted by molar-refractivity contribution is -0.162. The third kappa shape index (κ3) is 7.17. The summed E-state index contributed by atoms with van der Waals surface area (Å²) >= 11 is 0. The zero-order valence-electron chi connectivity index (χ0n) is 11.1. The van der Waals surface area contributed by atoms with Gasteiger partial charge in [-0.15, -0.1) is 0 Å². The van der Waals surface area contributed by atoms with Crippen molar-refractivity contribution in [3.8, 4) is 0 Å². The van der Waals surface area contributed by atoms with Crippen LogP contribution in [0.4, 0.5) is 0 Å². The van der Waals surface area contributed by atoms with E-state index in [1.54, 1.807) is 0 Å². The Hall–Kier alpha value is -0.160. The fourth-order valence-corrected chi connectivity index (χ4v) is 1.46. The van der Waals surface area contributed by atoms with E-state index in [0.717, 1.165) is 19.6 Å². The Kier molecular flexibility index (Phi) is 11.2. The van der Waals surface area contributed by atoms with Crippen LogP contribution in [0.15, 0.2) is 0 Å². The molecule has 4 nitrogen and oxygen atoms in total. The number of rotatable bonds is 11. The lowest BCUT2D eigenvalue weighted by Gasteiger charge is -2.27. The van der Waals surface area contributed by atoms with Crippen LogP contribution in [0, 0.1) is 0 Å². The molecule has 0 spiro atoms. The third-order valence-corrected chi connectivity index (χ3v) is 2.10. The Morgan fingerprint density at radius 1 is 1.00 bits per heavy atom. The molecule has 16 heavy (non-hydrogen) atoms. The molecular weight excluding hydrogens is 206 g/mol. The number of ether oxygens (including phenoxy) is 3. The minimum Gasteiger partial charge on any atom is -0.380 e. The van der Waals surface area contributed by atoms with Gasteiger partial charge in [-0.1, -0.05) is 13.8 Å². The zero-order valence-corrected chi connectivity index (χ0v) is 11.1. The van der Waals surface area contributed by atoms with E-state index in [1.165, 1.54) is 0 Å². The largest absolute Gasteiger partial charge is 0.380 e. The average Bonchev–Trinajstić information content (AvgIpc) is 2.28. The van der Waals surface area contributed by atoms with Crippen molar-refractivity contribution in [1.82, 2.24) is 5.32 Å². The normalized spacial score (nSPS) is 13.3. The quantitative estimate of drug-likeness (QED) is 0.436. The Morgan fingerprint density at radius 3 is 2.06 bits per heavy atom. The van der Waals surface area contributed by atoms with Crippen LogP contribution in [0.2, 0.25) is 0 Å². The second-order valence-corrected chi connectivity index (χ2v) is 3.52. The summed E-state index contributed by atoms with van der Waals surface area (Å²) < 4.78 is 16.7. The van der Waals surface area contributed by atoms with Gasteiger partial charge in [0.05, 0.1) is 12.6 Å². The first-order valence-corrected chi connectivity index (χ1v) is 6.34. The summed E-state index contributed by atoms with van der Waals surface area (Å²) in [7, 11) is 0. The van der Waals surface area contributed by atoms with Crippen LogP contribution in [-0.4, -0.2) is 45.3 Å². The number of nitrogens with one attached hydrogen (secondary N) is 1. The first-order valence-electron chi connectivity index (χ1n) is 6.34. The summed E-state index contributed by atoms with van der Waals surface area (Å²) in [5.41, 5.74) is 0. The molecule has 0 radical (unpaired) electrons.